The molecule has 0 aromatic heterocycles. The summed E-state index contributed by atoms with van der Waals surface area (Å²) in [5.41, 5.74) is 0. The number of aliphatic carboxylic acids is 1. The van der Waals surface area contributed by atoms with E-state index in [0.29, 0.717) is 12.8 Å². The summed E-state index contributed by atoms with van der Waals surface area (Å²) in [6, 6.07) is -0.791. The fourth-order valence-corrected chi connectivity index (χ4v) is 0.777. The molecule has 0 bridgehead atoms. The van der Waals surface area contributed by atoms with Crippen molar-refractivity contribution in [2.24, 2.45) is 0 Å². The summed E-state index contributed by atoms with van der Waals surface area (Å²) in [5.74, 6) is -1.46. The highest BCUT2D eigenvalue weighted by molar-refractivity contribution is 5.90. The minimum atomic E-state index is -1.01. The van der Waals surface area contributed by atoms with E-state index in [1.54, 1.807) is 0 Å². The van der Waals surface area contributed by atoms with Crippen molar-refractivity contribution >= 4 is 11.9 Å². The molecule has 0 aromatic carbocycles. The Kier molecular flexibility index (Phi) is 4.76. The maximum absolute atomic E-state index is 10.7. The molecule has 0 aliphatic carbocycles. The normalized spacial score (nSPS) is 11.8. The molecule has 12 heavy (non-hydrogen) atoms. The van der Waals surface area contributed by atoms with Crippen molar-refractivity contribution in [3.05, 3.63) is 12.7 Å². The minimum absolute atomic E-state index is 0.439. The van der Waals surface area contributed by atoms with Crippen LogP contribution in [0.4, 0.5) is 0 Å². The second-order valence-corrected chi connectivity index (χ2v) is 2.39. The molecule has 2 N–H and O–H groups in total. The van der Waals surface area contributed by atoms with E-state index < -0.39 is 17.9 Å². The van der Waals surface area contributed by atoms with Gasteiger partial charge in [0.15, 0.2) is 0 Å². The number of rotatable bonds is 5. The molecule has 0 rings (SSSR count). The Labute approximate surface area is 71.3 Å². The van der Waals surface area contributed by atoms with E-state index in [-0.39, 0.29) is 0 Å². The van der Waals surface area contributed by atoms with Crippen molar-refractivity contribution in [2.45, 2.75) is 25.8 Å². The van der Waals surface area contributed by atoms with Gasteiger partial charge in [0.05, 0.1) is 0 Å². The molecule has 1 atom stereocenters. The number of amides is 1. The van der Waals surface area contributed by atoms with Crippen LogP contribution in [0.25, 0.3) is 0 Å². The first-order chi connectivity index (χ1) is 5.61. The molecule has 68 valence electrons. The van der Waals surface area contributed by atoms with Crippen LogP contribution in [0.3, 0.4) is 0 Å². The lowest BCUT2D eigenvalue weighted by atomic mass is 10.2. The van der Waals surface area contributed by atoms with Gasteiger partial charge in [-0.15, -0.1) is 0 Å². The van der Waals surface area contributed by atoms with Gasteiger partial charge in [0.2, 0.25) is 5.91 Å². The van der Waals surface area contributed by atoms with Gasteiger partial charge in [-0.2, -0.15) is 0 Å². The molecule has 0 aliphatic heterocycles. The molecule has 0 spiro atoms. The van der Waals surface area contributed by atoms with Crippen LogP contribution >= 0.6 is 0 Å². The summed E-state index contributed by atoms with van der Waals surface area (Å²) in [4.78, 5) is 21.2. The maximum Gasteiger partial charge on any atom is 0.326 e. The molecule has 0 saturated heterocycles. The monoisotopic (exact) mass is 171 g/mol. The van der Waals surface area contributed by atoms with Crippen molar-refractivity contribution in [2.75, 3.05) is 0 Å². The first-order valence-corrected chi connectivity index (χ1v) is 3.77. The fourth-order valence-electron chi connectivity index (χ4n) is 0.777. The van der Waals surface area contributed by atoms with E-state index in [0.717, 1.165) is 6.08 Å². The minimum Gasteiger partial charge on any atom is -0.480 e. The van der Waals surface area contributed by atoms with Gasteiger partial charge < -0.3 is 10.4 Å². The molecule has 0 heterocycles. The molecule has 0 aliphatic rings. The number of carboxylic acid groups (broad SMARTS) is 1. The SMILES string of the molecule is C=CC(=O)N[C@@H](CCC)C(=O)O. The Hall–Kier alpha value is -1.32. The summed E-state index contributed by atoms with van der Waals surface area (Å²) >= 11 is 0. The molecular weight excluding hydrogens is 158 g/mol. The Balaban J connectivity index is 4.03. The third kappa shape index (κ3) is 3.75. The van der Waals surface area contributed by atoms with E-state index in [1.165, 1.54) is 0 Å². The molecule has 0 aromatic rings. The molecule has 4 heteroatoms. The van der Waals surface area contributed by atoms with Gasteiger partial charge in [-0.05, 0) is 12.5 Å². The third-order valence-electron chi connectivity index (χ3n) is 1.38. The molecule has 1 amide bonds. The topological polar surface area (TPSA) is 66.4 Å². The Morgan fingerprint density at radius 3 is 2.58 bits per heavy atom. The second kappa shape index (κ2) is 5.35. The number of nitrogens with one attached hydrogen (secondary N) is 1. The smallest absolute Gasteiger partial charge is 0.326 e. The number of carboxylic acids is 1. The van der Waals surface area contributed by atoms with Crippen LogP contribution < -0.4 is 5.32 Å². The zero-order valence-electron chi connectivity index (χ0n) is 7.04. The molecule has 0 unspecified atom stereocenters. The maximum atomic E-state index is 10.7. The Morgan fingerprint density at radius 2 is 2.25 bits per heavy atom. The predicted molar refractivity (Wildman–Crippen MR) is 44.7 cm³/mol. The number of hydrogen-bond acceptors (Lipinski definition) is 2. The van der Waals surface area contributed by atoms with Gasteiger partial charge in [-0.25, -0.2) is 4.79 Å². The van der Waals surface area contributed by atoms with Crippen molar-refractivity contribution in [1.29, 1.82) is 0 Å². The highest BCUT2D eigenvalue weighted by atomic mass is 16.4. The summed E-state index contributed by atoms with van der Waals surface area (Å²) < 4.78 is 0. The van der Waals surface area contributed by atoms with E-state index in [4.69, 9.17) is 5.11 Å². The zero-order chi connectivity index (χ0) is 9.56. The lowest BCUT2D eigenvalue weighted by molar-refractivity contribution is -0.141. The Bertz CT molecular complexity index is 189. The highest BCUT2D eigenvalue weighted by Gasteiger charge is 2.16. The van der Waals surface area contributed by atoms with Crippen molar-refractivity contribution in [3.8, 4) is 0 Å². The van der Waals surface area contributed by atoms with Gasteiger partial charge in [0.25, 0.3) is 0 Å². The highest BCUT2D eigenvalue weighted by Crippen LogP contribution is 1.96. The van der Waals surface area contributed by atoms with Crippen molar-refractivity contribution < 1.29 is 14.7 Å². The summed E-state index contributed by atoms with van der Waals surface area (Å²) in [5, 5.41) is 10.9. The number of hydrogen-bond donors (Lipinski definition) is 2. The summed E-state index contributed by atoms with van der Waals surface area (Å²) in [6.45, 7) is 5.09. The second-order valence-electron chi connectivity index (χ2n) is 2.39. The van der Waals surface area contributed by atoms with Gasteiger partial charge in [-0.1, -0.05) is 19.9 Å². The first kappa shape index (κ1) is 10.7. The van der Waals surface area contributed by atoms with Gasteiger partial charge >= 0.3 is 5.97 Å². The average Bonchev–Trinajstić information content (AvgIpc) is 2.03. The quantitative estimate of drug-likeness (QED) is 0.593. The summed E-state index contributed by atoms with van der Waals surface area (Å²) in [6.07, 6.45) is 2.22. The van der Waals surface area contributed by atoms with E-state index in [1.807, 2.05) is 6.92 Å². The molecule has 4 nitrogen and oxygen atoms in total. The van der Waals surface area contributed by atoms with Crippen LogP contribution in [-0.4, -0.2) is 23.0 Å². The summed E-state index contributed by atoms with van der Waals surface area (Å²) in [7, 11) is 0. The molecule has 0 saturated carbocycles. The van der Waals surface area contributed by atoms with Crippen LogP contribution in [0.15, 0.2) is 12.7 Å². The van der Waals surface area contributed by atoms with Crippen molar-refractivity contribution in [3.63, 3.8) is 0 Å². The van der Waals surface area contributed by atoms with Gasteiger partial charge in [0, 0.05) is 0 Å². The van der Waals surface area contributed by atoms with Crippen LogP contribution in [0.5, 0.6) is 0 Å². The van der Waals surface area contributed by atoms with Crippen molar-refractivity contribution in [1.82, 2.24) is 5.32 Å². The largest absolute Gasteiger partial charge is 0.480 e. The van der Waals surface area contributed by atoms with Gasteiger partial charge in [0.1, 0.15) is 6.04 Å². The average molecular weight is 171 g/mol. The fraction of sp³-hybridized carbons (Fsp3) is 0.500. The first-order valence-electron chi connectivity index (χ1n) is 3.77. The predicted octanol–water partition coefficient (Wildman–Crippen LogP) is 0.542. The third-order valence-corrected chi connectivity index (χ3v) is 1.38. The lowest BCUT2D eigenvalue weighted by Crippen LogP contribution is -2.39. The molecular formula is C8H13NO3. The van der Waals surface area contributed by atoms with E-state index in [2.05, 4.69) is 11.9 Å². The van der Waals surface area contributed by atoms with Crippen LogP contribution in [0, 0.1) is 0 Å². The molecule has 0 radical (unpaired) electrons. The lowest BCUT2D eigenvalue weighted by Gasteiger charge is -2.11. The van der Waals surface area contributed by atoms with Crippen LogP contribution in [0.1, 0.15) is 19.8 Å². The molecule has 0 fully saturated rings. The van der Waals surface area contributed by atoms with Crippen LogP contribution in [-0.2, 0) is 9.59 Å². The number of carbonyl (C=O) groups excluding carboxylic acids is 1. The van der Waals surface area contributed by atoms with E-state index in [9.17, 15) is 9.59 Å². The van der Waals surface area contributed by atoms with Gasteiger partial charge in [-0.3, -0.25) is 4.79 Å². The standard InChI is InChI=1S/C8H13NO3/c1-3-5-6(8(11)12)9-7(10)4-2/h4,6H,2-3,5H2,1H3,(H,9,10)(H,11,12)/t6-/m0/s1. The van der Waals surface area contributed by atoms with Crippen LogP contribution in [0.2, 0.25) is 0 Å². The van der Waals surface area contributed by atoms with E-state index >= 15 is 0 Å². The number of carbonyl (C=O) groups is 2. The Morgan fingerprint density at radius 1 is 1.67 bits per heavy atom. The zero-order valence-corrected chi connectivity index (χ0v) is 7.04.